The number of piperidine rings is 1. The topological polar surface area (TPSA) is 41.1 Å². The van der Waals surface area contributed by atoms with Gasteiger partial charge in [-0.25, -0.2) is 9.36 Å². The molecule has 0 spiro atoms. The highest BCUT2D eigenvalue weighted by atomic mass is 32.1. The molecule has 0 unspecified atom stereocenters. The normalized spacial score (nSPS) is 16.2. The second-order valence-corrected chi connectivity index (χ2v) is 7.43. The summed E-state index contributed by atoms with van der Waals surface area (Å²) in [6, 6.07) is 8.55. The molecule has 128 valence electrons. The van der Waals surface area contributed by atoms with E-state index in [1.54, 1.807) is 0 Å². The Hall–Kier alpha value is -2.24. The van der Waals surface area contributed by atoms with Crippen molar-refractivity contribution in [3.05, 3.63) is 54.3 Å². The van der Waals surface area contributed by atoms with Crippen LogP contribution in [0.1, 0.15) is 12.8 Å². The van der Waals surface area contributed by atoms with Gasteiger partial charge in [0.1, 0.15) is 5.82 Å². The number of aromatic nitrogens is 2. The quantitative estimate of drug-likeness (QED) is 0.745. The number of allylic oxidation sites excluding steroid dienone is 1. The van der Waals surface area contributed by atoms with Crippen molar-refractivity contribution in [1.29, 1.82) is 0 Å². The summed E-state index contributed by atoms with van der Waals surface area (Å²) in [7, 11) is 2.18. The van der Waals surface area contributed by atoms with E-state index in [0.717, 1.165) is 48.4 Å². The monoisotopic (exact) mass is 350 g/mol. The number of likely N-dealkylation sites (tertiary alicyclic amines) is 1. The largest absolute Gasteiger partial charge is 0.344 e. The SMILES string of the molecule is C=C(Nc1cc2cc(-c3cnsc3)ccc2cn1)C1CCN(C)CC1. The second kappa shape index (κ2) is 6.94. The van der Waals surface area contributed by atoms with Crippen LogP contribution in [0.4, 0.5) is 5.82 Å². The fraction of sp³-hybridized carbons (Fsp3) is 0.300. The number of pyridine rings is 1. The third-order valence-corrected chi connectivity index (χ3v) is 5.57. The highest BCUT2D eigenvalue weighted by Crippen LogP contribution is 2.28. The first-order chi connectivity index (χ1) is 12.2. The summed E-state index contributed by atoms with van der Waals surface area (Å²) in [5.74, 6) is 1.40. The van der Waals surface area contributed by atoms with Gasteiger partial charge in [0.25, 0.3) is 0 Å². The van der Waals surface area contributed by atoms with Crippen LogP contribution in [-0.4, -0.2) is 34.4 Å². The minimum atomic E-state index is 0.525. The summed E-state index contributed by atoms with van der Waals surface area (Å²) in [5, 5.41) is 7.83. The van der Waals surface area contributed by atoms with Crippen molar-refractivity contribution in [2.24, 2.45) is 5.92 Å². The number of benzene rings is 1. The van der Waals surface area contributed by atoms with Crippen LogP contribution in [0.25, 0.3) is 21.9 Å². The Bertz CT molecular complexity index is 880. The van der Waals surface area contributed by atoms with Gasteiger partial charge in [-0.3, -0.25) is 0 Å². The molecule has 1 aliphatic rings. The van der Waals surface area contributed by atoms with Gasteiger partial charge in [-0.15, -0.1) is 0 Å². The molecule has 2 aromatic heterocycles. The Kier molecular flexibility index (Phi) is 4.51. The van der Waals surface area contributed by atoms with E-state index >= 15 is 0 Å². The Balaban J connectivity index is 1.54. The van der Waals surface area contributed by atoms with E-state index < -0.39 is 0 Å². The van der Waals surface area contributed by atoms with E-state index in [2.05, 4.69) is 62.8 Å². The first-order valence-corrected chi connectivity index (χ1v) is 9.46. The Labute approximate surface area is 152 Å². The lowest BCUT2D eigenvalue weighted by molar-refractivity contribution is 0.239. The van der Waals surface area contributed by atoms with Crippen LogP contribution >= 0.6 is 11.5 Å². The van der Waals surface area contributed by atoms with Crippen molar-refractivity contribution in [3.8, 4) is 11.1 Å². The van der Waals surface area contributed by atoms with Crippen molar-refractivity contribution in [2.75, 3.05) is 25.5 Å². The van der Waals surface area contributed by atoms with E-state index in [4.69, 9.17) is 0 Å². The Morgan fingerprint density at radius 3 is 2.76 bits per heavy atom. The number of rotatable bonds is 4. The second-order valence-electron chi connectivity index (χ2n) is 6.77. The van der Waals surface area contributed by atoms with Crippen LogP contribution in [0.15, 0.2) is 54.3 Å². The molecule has 0 aliphatic carbocycles. The van der Waals surface area contributed by atoms with Crippen molar-refractivity contribution in [1.82, 2.24) is 14.3 Å². The zero-order valence-corrected chi connectivity index (χ0v) is 15.2. The van der Waals surface area contributed by atoms with Gasteiger partial charge in [0, 0.05) is 40.3 Å². The lowest BCUT2D eigenvalue weighted by Gasteiger charge is -2.30. The van der Waals surface area contributed by atoms with Gasteiger partial charge in [-0.2, -0.15) is 0 Å². The van der Waals surface area contributed by atoms with Gasteiger partial charge < -0.3 is 10.2 Å². The third-order valence-electron chi connectivity index (χ3n) is 4.99. The molecule has 25 heavy (non-hydrogen) atoms. The highest BCUT2D eigenvalue weighted by molar-refractivity contribution is 7.03. The summed E-state index contributed by atoms with van der Waals surface area (Å²) >= 11 is 1.48. The standard InChI is InChI=1S/C20H22N4S/c1-14(15-5-7-24(2)8-6-15)23-20-10-18-9-16(19-12-22-25-13-19)3-4-17(18)11-21-20/h3-4,9-13,15H,1,5-8H2,2H3,(H,21,23). The molecule has 3 heterocycles. The molecule has 0 radical (unpaired) electrons. The van der Waals surface area contributed by atoms with Crippen LogP contribution in [0, 0.1) is 5.92 Å². The smallest absolute Gasteiger partial charge is 0.130 e. The minimum Gasteiger partial charge on any atom is -0.344 e. The lowest BCUT2D eigenvalue weighted by atomic mass is 9.94. The molecule has 4 rings (SSSR count). The van der Waals surface area contributed by atoms with E-state index in [9.17, 15) is 0 Å². The highest BCUT2D eigenvalue weighted by Gasteiger charge is 2.19. The fourth-order valence-electron chi connectivity index (χ4n) is 3.36. The minimum absolute atomic E-state index is 0.525. The molecule has 4 nitrogen and oxygen atoms in total. The van der Waals surface area contributed by atoms with Gasteiger partial charge >= 0.3 is 0 Å². The summed E-state index contributed by atoms with van der Waals surface area (Å²) in [4.78, 5) is 6.93. The van der Waals surface area contributed by atoms with E-state index in [1.807, 2.05) is 12.4 Å². The summed E-state index contributed by atoms with van der Waals surface area (Å²) in [6.45, 7) is 6.53. The molecule has 1 N–H and O–H groups in total. The van der Waals surface area contributed by atoms with Gasteiger partial charge in [0.05, 0.1) is 0 Å². The lowest BCUT2D eigenvalue weighted by Crippen LogP contribution is -2.31. The van der Waals surface area contributed by atoms with Crippen molar-refractivity contribution in [2.45, 2.75) is 12.8 Å². The van der Waals surface area contributed by atoms with Gasteiger partial charge in [-0.05, 0) is 67.6 Å². The molecule has 0 bridgehead atoms. The molecule has 0 atom stereocenters. The first-order valence-electron chi connectivity index (χ1n) is 8.63. The number of nitrogens with one attached hydrogen (secondary N) is 1. The number of nitrogens with zero attached hydrogens (tertiary/aromatic N) is 3. The van der Waals surface area contributed by atoms with E-state index in [1.165, 1.54) is 22.5 Å². The van der Waals surface area contributed by atoms with E-state index in [0.29, 0.717) is 5.92 Å². The Morgan fingerprint density at radius 2 is 2.00 bits per heavy atom. The van der Waals surface area contributed by atoms with Crippen LogP contribution in [0.5, 0.6) is 0 Å². The third kappa shape index (κ3) is 3.57. The number of anilines is 1. The summed E-state index contributed by atoms with van der Waals surface area (Å²) in [6.07, 6.45) is 6.15. The zero-order chi connectivity index (χ0) is 17.2. The average Bonchev–Trinajstić information content (AvgIpc) is 3.16. The predicted molar refractivity (Wildman–Crippen MR) is 106 cm³/mol. The molecule has 3 aromatic rings. The molecule has 5 heteroatoms. The summed E-state index contributed by atoms with van der Waals surface area (Å²) < 4.78 is 4.19. The molecule has 1 aliphatic heterocycles. The predicted octanol–water partition coefficient (Wildman–Crippen LogP) is 4.63. The number of fused-ring (bicyclic) bond motifs is 1. The number of hydrogen-bond donors (Lipinski definition) is 1. The first kappa shape index (κ1) is 16.2. The fourth-order valence-corrected chi connectivity index (χ4v) is 3.91. The van der Waals surface area contributed by atoms with Crippen molar-refractivity contribution < 1.29 is 0 Å². The number of hydrogen-bond acceptors (Lipinski definition) is 5. The molecule has 1 fully saturated rings. The summed E-state index contributed by atoms with van der Waals surface area (Å²) in [5.41, 5.74) is 3.43. The maximum Gasteiger partial charge on any atom is 0.130 e. The van der Waals surface area contributed by atoms with Crippen molar-refractivity contribution >= 4 is 28.1 Å². The van der Waals surface area contributed by atoms with Crippen LogP contribution in [0.2, 0.25) is 0 Å². The Morgan fingerprint density at radius 1 is 1.16 bits per heavy atom. The van der Waals surface area contributed by atoms with Gasteiger partial charge in [0.2, 0.25) is 0 Å². The molecular formula is C20H22N4S. The van der Waals surface area contributed by atoms with Crippen LogP contribution in [0.3, 0.4) is 0 Å². The molecule has 1 saturated heterocycles. The zero-order valence-electron chi connectivity index (χ0n) is 14.4. The maximum atomic E-state index is 4.56. The van der Waals surface area contributed by atoms with Crippen LogP contribution < -0.4 is 5.32 Å². The van der Waals surface area contributed by atoms with Gasteiger partial charge in [-0.1, -0.05) is 18.7 Å². The van der Waals surface area contributed by atoms with E-state index in [-0.39, 0.29) is 0 Å². The maximum absolute atomic E-state index is 4.56. The average molecular weight is 350 g/mol. The van der Waals surface area contributed by atoms with Crippen LogP contribution in [-0.2, 0) is 0 Å². The molecular weight excluding hydrogens is 328 g/mol. The molecule has 1 aromatic carbocycles. The molecule has 0 saturated carbocycles. The molecule has 0 amide bonds. The van der Waals surface area contributed by atoms with Gasteiger partial charge in [0.15, 0.2) is 0 Å². The van der Waals surface area contributed by atoms with Crippen molar-refractivity contribution in [3.63, 3.8) is 0 Å².